The molecule has 0 saturated heterocycles. The average molecular weight is 239 g/mol. The number of terminal acetylenes is 1. The zero-order valence-electron chi connectivity index (χ0n) is 7.42. The van der Waals surface area contributed by atoms with Crippen molar-refractivity contribution in [3.8, 4) is 12.3 Å². The summed E-state index contributed by atoms with van der Waals surface area (Å²) in [6.07, 6.45) is 5.22. The zero-order chi connectivity index (χ0) is 9.84. The lowest BCUT2D eigenvalue weighted by Gasteiger charge is -2.17. The van der Waals surface area contributed by atoms with E-state index in [9.17, 15) is 0 Å². The van der Waals surface area contributed by atoms with Crippen molar-refractivity contribution in [2.75, 3.05) is 24.2 Å². The maximum atomic E-state index is 5.61. The summed E-state index contributed by atoms with van der Waals surface area (Å²) in [7, 11) is 1.94. The predicted molar refractivity (Wildman–Crippen MR) is 60.7 cm³/mol. The van der Waals surface area contributed by atoms with E-state index in [-0.39, 0.29) is 0 Å². The first-order valence-corrected chi connectivity index (χ1v) is 4.64. The fraction of sp³-hybridized carbons (Fsp3) is 0.200. The first-order valence-electron chi connectivity index (χ1n) is 3.84. The maximum absolute atomic E-state index is 5.61. The Hall–Kier alpha value is -1.14. The van der Waals surface area contributed by atoms with Crippen molar-refractivity contribution in [1.82, 2.24) is 0 Å². The van der Waals surface area contributed by atoms with Gasteiger partial charge in [0.2, 0.25) is 0 Å². The Morgan fingerprint density at radius 2 is 2.31 bits per heavy atom. The minimum atomic E-state index is 0.586. The van der Waals surface area contributed by atoms with Gasteiger partial charge in [0.15, 0.2) is 0 Å². The lowest BCUT2D eigenvalue weighted by molar-refractivity contribution is 1.05. The Morgan fingerprint density at radius 3 is 2.85 bits per heavy atom. The van der Waals surface area contributed by atoms with Crippen LogP contribution in [0.1, 0.15) is 0 Å². The second kappa shape index (κ2) is 4.20. The van der Waals surface area contributed by atoms with Gasteiger partial charge in [-0.05, 0) is 34.1 Å². The quantitative estimate of drug-likeness (QED) is 0.632. The second-order valence-electron chi connectivity index (χ2n) is 2.77. The SMILES string of the molecule is C#CCN(C)c1ccc(N)cc1Br. The van der Waals surface area contributed by atoms with Crippen molar-refractivity contribution in [2.24, 2.45) is 0 Å². The van der Waals surface area contributed by atoms with E-state index in [1.165, 1.54) is 0 Å². The summed E-state index contributed by atoms with van der Waals surface area (Å²) < 4.78 is 0.963. The molecule has 2 N–H and O–H groups in total. The molecule has 1 aromatic rings. The molecule has 0 bridgehead atoms. The Bertz CT molecular complexity index is 341. The molecule has 0 aromatic heterocycles. The van der Waals surface area contributed by atoms with Gasteiger partial charge in [-0.1, -0.05) is 5.92 Å². The van der Waals surface area contributed by atoms with Crippen LogP contribution in [0.2, 0.25) is 0 Å². The highest BCUT2D eigenvalue weighted by molar-refractivity contribution is 9.10. The van der Waals surface area contributed by atoms with E-state index in [0.29, 0.717) is 6.54 Å². The van der Waals surface area contributed by atoms with Gasteiger partial charge in [0.1, 0.15) is 0 Å². The third kappa shape index (κ3) is 2.40. The molecule has 0 heterocycles. The summed E-state index contributed by atoms with van der Waals surface area (Å²) in [4.78, 5) is 1.98. The topological polar surface area (TPSA) is 29.3 Å². The zero-order valence-corrected chi connectivity index (χ0v) is 9.01. The Morgan fingerprint density at radius 1 is 1.62 bits per heavy atom. The second-order valence-corrected chi connectivity index (χ2v) is 3.63. The minimum absolute atomic E-state index is 0.586. The van der Waals surface area contributed by atoms with E-state index in [1.54, 1.807) is 0 Å². The molecule has 68 valence electrons. The van der Waals surface area contributed by atoms with E-state index < -0.39 is 0 Å². The number of benzene rings is 1. The highest BCUT2D eigenvalue weighted by Gasteiger charge is 2.03. The Balaban J connectivity index is 2.96. The molecule has 13 heavy (non-hydrogen) atoms. The third-order valence-electron chi connectivity index (χ3n) is 1.71. The summed E-state index contributed by atoms with van der Waals surface area (Å²) in [5.74, 6) is 2.58. The van der Waals surface area contributed by atoms with Crippen LogP contribution in [0, 0.1) is 12.3 Å². The van der Waals surface area contributed by atoms with Crippen LogP contribution in [0.4, 0.5) is 11.4 Å². The minimum Gasteiger partial charge on any atom is -0.399 e. The van der Waals surface area contributed by atoms with Crippen LogP contribution in [0.5, 0.6) is 0 Å². The highest BCUT2D eigenvalue weighted by Crippen LogP contribution is 2.26. The normalized spacial score (nSPS) is 9.31. The molecule has 0 aliphatic rings. The molecule has 0 aliphatic heterocycles. The predicted octanol–water partition coefficient (Wildman–Crippen LogP) is 2.10. The standard InChI is InChI=1S/C10H11BrN2/c1-3-6-13(2)10-5-4-8(12)7-9(10)11/h1,4-5,7H,6,12H2,2H3. The lowest BCUT2D eigenvalue weighted by Crippen LogP contribution is -2.17. The van der Waals surface area contributed by atoms with E-state index in [2.05, 4.69) is 21.9 Å². The molecule has 0 saturated carbocycles. The number of hydrogen-bond donors (Lipinski definition) is 1. The first-order chi connectivity index (χ1) is 6.15. The number of nitrogen functional groups attached to an aromatic ring is 1. The Kier molecular flexibility index (Phi) is 3.21. The summed E-state index contributed by atoms with van der Waals surface area (Å²) in [6, 6.07) is 5.66. The summed E-state index contributed by atoms with van der Waals surface area (Å²) >= 11 is 3.43. The van der Waals surface area contributed by atoms with Gasteiger partial charge in [-0.2, -0.15) is 0 Å². The van der Waals surface area contributed by atoms with Crippen LogP contribution < -0.4 is 10.6 Å². The lowest BCUT2D eigenvalue weighted by atomic mass is 10.2. The van der Waals surface area contributed by atoms with Crippen LogP contribution in [0.15, 0.2) is 22.7 Å². The number of hydrogen-bond acceptors (Lipinski definition) is 2. The molecule has 0 amide bonds. The monoisotopic (exact) mass is 238 g/mol. The molecule has 0 spiro atoms. The van der Waals surface area contributed by atoms with Crippen molar-refractivity contribution < 1.29 is 0 Å². The fourth-order valence-electron chi connectivity index (χ4n) is 1.05. The van der Waals surface area contributed by atoms with Crippen molar-refractivity contribution in [3.63, 3.8) is 0 Å². The maximum Gasteiger partial charge on any atom is 0.0788 e. The van der Waals surface area contributed by atoms with Gasteiger partial charge in [0.25, 0.3) is 0 Å². The van der Waals surface area contributed by atoms with E-state index in [4.69, 9.17) is 12.2 Å². The molecular formula is C10H11BrN2. The van der Waals surface area contributed by atoms with Crippen molar-refractivity contribution in [1.29, 1.82) is 0 Å². The molecular weight excluding hydrogens is 228 g/mol. The number of anilines is 2. The highest BCUT2D eigenvalue weighted by atomic mass is 79.9. The van der Waals surface area contributed by atoms with Crippen LogP contribution in [-0.4, -0.2) is 13.6 Å². The largest absolute Gasteiger partial charge is 0.399 e. The molecule has 1 aromatic carbocycles. The molecule has 0 fully saturated rings. The molecule has 2 nitrogen and oxygen atoms in total. The van der Waals surface area contributed by atoms with Crippen molar-refractivity contribution >= 4 is 27.3 Å². The fourth-order valence-corrected chi connectivity index (χ4v) is 1.75. The van der Waals surface area contributed by atoms with Crippen LogP contribution in [-0.2, 0) is 0 Å². The first kappa shape index (κ1) is 9.94. The smallest absolute Gasteiger partial charge is 0.0788 e. The Labute approximate surface area is 86.9 Å². The molecule has 0 radical (unpaired) electrons. The van der Waals surface area contributed by atoms with Gasteiger partial charge in [-0.25, -0.2) is 0 Å². The van der Waals surface area contributed by atoms with Gasteiger partial charge < -0.3 is 10.6 Å². The van der Waals surface area contributed by atoms with Crippen LogP contribution in [0.3, 0.4) is 0 Å². The molecule has 0 aliphatic carbocycles. The number of rotatable bonds is 2. The van der Waals surface area contributed by atoms with E-state index in [1.807, 2.05) is 30.1 Å². The third-order valence-corrected chi connectivity index (χ3v) is 2.35. The molecule has 0 unspecified atom stereocenters. The summed E-state index contributed by atoms with van der Waals surface area (Å²) in [5, 5.41) is 0. The van der Waals surface area contributed by atoms with E-state index in [0.717, 1.165) is 15.8 Å². The molecule has 3 heteroatoms. The van der Waals surface area contributed by atoms with Crippen molar-refractivity contribution in [3.05, 3.63) is 22.7 Å². The number of nitrogens with two attached hydrogens (primary N) is 1. The number of halogens is 1. The molecule has 1 rings (SSSR count). The van der Waals surface area contributed by atoms with Crippen LogP contribution >= 0.6 is 15.9 Å². The van der Waals surface area contributed by atoms with Gasteiger partial charge in [-0.15, -0.1) is 6.42 Å². The van der Waals surface area contributed by atoms with Crippen molar-refractivity contribution in [2.45, 2.75) is 0 Å². The average Bonchev–Trinajstić information content (AvgIpc) is 2.04. The summed E-state index contributed by atoms with van der Waals surface area (Å²) in [6.45, 7) is 0.586. The van der Waals surface area contributed by atoms with E-state index >= 15 is 0 Å². The number of nitrogens with zero attached hydrogens (tertiary/aromatic N) is 1. The van der Waals surface area contributed by atoms with Gasteiger partial charge in [-0.3, -0.25) is 0 Å². The van der Waals surface area contributed by atoms with Gasteiger partial charge >= 0.3 is 0 Å². The molecule has 0 atom stereocenters. The van der Waals surface area contributed by atoms with Gasteiger partial charge in [0.05, 0.1) is 12.2 Å². The van der Waals surface area contributed by atoms with Crippen LogP contribution in [0.25, 0.3) is 0 Å². The summed E-state index contributed by atoms with van der Waals surface area (Å²) in [5.41, 5.74) is 7.40. The van der Waals surface area contributed by atoms with Gasteiger partial charge in [0, 0.05) is 17.2 Å².